The first-order valence-electron chi connectivity index (χ1n) is 25.7. The molecule has 0 heterocycles. The number of carbonyl (C=O) groups is 3. The molecule has 0 unspecified atom stereocenters. The van der Waals surface area contributed by atoms with Crippen LogP contribution in [0.3, 0.4) is 0 Å². The van der Waals surface area contributed by atoms with Crippen LogP contribution in [0.15, 0.2) is 97.2 Å². The lowest BCUT2D eigenvalue weighted by Crippen LogP contribution is -2.30. The standard InChI is InChI=1S/C57H94O6/c1-4-7-10-13-16-19-22-25-28-31-34-37-40-43-46-49-55(58)61-52-54(63-57(60)51-48-45-42-39-36-33-30-27-24-21-18-15-12-9-6-3)53-62-56(59)50-47-44-41-38-35-32-29-26-23-20-17-14-11-8-5-2/h7,10,16-21,25-30,34,37,54H,4-6,8-9,11-15,22-24,31-33,35-36,38-53H2,1-3H3/b10-7-,19-16-,20-17-,21-18-,28-25-,29-26-,30-27-,37-34-/t54-/m0/s1. The fourth-order valence-corrected chi connectivity index (χ4v) is 6.67. The van der Waals surface area contributed by atoms with Crippen molar-refractivity contribution in [3.63, 3.8) is 0 Å². The predicted molar refractivity (Wildman–Crippen MR) is 270 cm³/mol. The molecular weight excluding hydrogens is 781 g/mol. The molecule has 6 heteroatoms. The van der Waals surface area contributed by atoms with Crippen LogP contribution in [0.2, 0.25) is 0 Å². The van der Waals surface area contributed by atoms with Crippen molar-refractivity contribution in [2.24, 2.45) is 0 Å². The highest BCUT2D eigenvalue weighted by Gasteiger charge is 2.19. The van der Waals surface area contributed by atoms with E-state index in [-0.39, 0.29) is 31.1 Å². The predicted octanol–water partition coefficient (Wildman–Crippen LogP) is 17.0. The minimum absolute atomic E-state index is 0.105. The zero-order valence-corrected chi connectivity index (χ0v) is 40.8. The van der Waals surface area contributed by atoms with Crippen LogP contribution in [0, 0.1) is 0 Å². The first-order chi connectivity index (χ1) is 31.0. The van der Waals surface area contributed by atoms with E-state index in [0.29, 0.717) is 19.3 Å². The van der Waals surface area contributed by atoms with Gasteiger partial charge in [-0.1, -0.05) is 182 Å². The van der Waals surface area contributed by atoms with Gasteiger partial charge in [-0.3, -0.25) is 14.4 Å². The Morgan fingerprint density at radius 3 is 1.00 bits per heavy atom. The number of unbranched alkanes of at least 4 members (excludes halogenated alkanes) is 18. The second-order valence-corrected chi connectivity index (χ2v) is 16.7. The van der Waals surface area contributed by atoms with Gasteiger partial charge >= 0.3 is 17.9 Å². The van der Waals surface area contributed by atoms with Crippen LogP contribution in [-0.2, 0) is 28.6 Å². The minimum Gasteiger partial charge on any atom is -0.462 e. The number of carbonyl (C=O) groups excluding carboxylic acids is 3. The smallest absolute Gasteiger partial charge is 0.306 e. The molecule has 1 atom stereocenters. The number of hydrogen-bond donors (Lipinski definition) is 0. The van der Waals surface area contributed by atoms with Crippen LogP contribution in [0.4, 0.5) is 0 Å². The monoisotopic (exact) mass is 875 g/mol. The summed E-state index contributed by atoms with van der Waals surface area (Å²) in [7, 11) is 0. The molecule has 0 aliphatic rings. The average molecular weight is 875 g/mol. The van der Waals surface area contributed by atoms with Crippen LogP contribution in [-0.4, -0.2) is 37.2 Å². The fourth-order valence-electron chi connectivity index (χ4n) is 6.67. The summed E-state index contributed by atoms with van der Waals surface area (Å²) in [4.78, 5) is 38.0. The summed E-state index contributed by atoms with van der Waals surface area (Å²) in [5, 5.41) is 0. The molecule has 0 radical (unpaired) electrons. The highest BCUT2D eigenvalue weighted by molar-refractivity contribution is 5.71. The Labute approximate surface area is 387 Å². The molecule has 63 heavy (non-hydrogen) atoms. The van der Waals surface area contributed by atoms with Gasteiger partial charge in [0.25, 0.3) is 0 Å². The summed E-state index contributed by atoms with van der Waals surface area (Å²) in [6.45, 7) is 6.40. The van der Waals surface area contributed by atoms with Crippen molar-refractivity contribution in [2.75, 3.05) is 13.2 Å². The molecule has 0 aromatic heterocycles. The molecule has 0 aromatic rings. The van der Waals surface area contributed by atoms with Crippen molar-refractivity contribution >= 4 is 17.9 Å². The highest BCUT2D eigenvalue weighted by Crippen LogP contribution is 2.13. The first kappa shape index (κ1) is 59.3. The van der Waals surface area contributed by atoms with E-state index in [1.165, 1.54) is 51.4 Å². The van der Waals surface area contributed by atoms with Crippen molar-refractivity contribution in [3.8, 4) is 0 Å². The molecule has 6 nitrogen and oxygen atoms in total. The maximum Gasteiger partial charge on any atom is 0.306 e. The van der Waals surface area contributed by atoms with Crippen molar-refractivity contribution < 1.29 is 28.6 Å². The Bertz CT molecular complexity index is 1280. The molecule has 0 spiro atoms. The molecule has 0 aliphatic heterocycles. The molecule has 0 rings (SSSR count). The van der Waals surface area contributed by atoms with Gasteiger partial charge in [-0.2, -0.15) is 0 Å². The number of ether oxygens (including phenoxy) is 3. The van der Waals surface area contributed by atoms with E-state index in [9.17, 15) is 14.4 Å². The zero-order valence-electron chi connectivity index (χ0n) is 40.8. The lowest BCUT2D eigenvalue weighted by Gasteiger charge is -2.18. The lowest BCUT2D eigenvalue weighted by molar-refractivity contribution is -0.167. The number of rotatable bonds is 45. The van der Waals surface area contributed by atoms with Gasteiger partial charge in [-0.05, 0) is 122 Å². The molecule has 0 bridgehead atoms. The number of hydrogen-bond acceptors (Lipinski definition) is 6. The molecule has 0 saturated carbocycles. The van der Waals surface area contributed by atoms with Crippen LogP contribution >= 0.6 is 0 Å². The third-order valence-corrected chi connectivity index (χ3v) is 10.5. The second-order valence-electron chi connectivity index (χ2n) is 16.7. The van der Waals surface area contributed by atoms with Crippen LogP contribution in [0.1, 0.15) is 226 Å². The average Bonchev–Trinajstić information content (AvgIpc) is 3.28. The van der Waals surface area contributed by atoms with E-state index in [2.05, 4.69) is 118 Å². The van der Waals surface area contributed by atoms with Crippen LogP contribution in [0.25, 0.3) is 0 Å². The van der Waals surface area contributed by atoms with E-state index in [0.717, 1.165) is 135 Å². The normalized spacial score (nSPS) is 12.9. The zero-order chi connectivity index (χ0) is 45.8. The molecule has 358 valence electrons. The minimum atomic E-state index is -0.808. The van der Waals surface area contributed by atoms with Crippen molar-refractivity contribution in [1.82, 2.24) is 0 Å². The Morgan fingerprint density at radius 2 is 0.619 bits per heavy atom. The van der Waals surface area contributed by atoms with Crippen LogP contribution in [0.5, 0.6) is 0 Å². The van der Waals surface area contributed by atoms with E-state index >= 15 is 0 Å². The van der Waals surface area contributed by atoms with Gasteiger partial charge in [0.05, 0.1) is 0 Å². The summed E-state index contributed by atoms with van der Waals surface area (Å²) >= 11 is 0. The van der Waals surface area contributed by atoms with Crippen molar-refractivity contribution in [1.29, 1.82) is 0 Å². The van der Waals surface area contributed by atoms with Gasteiger partial charge in [0.15, 0.2) is 6.10 Å². The summed E-state index contributed by atoms with van der Waals surface area (Å²) in [6, 6.07) is 0. The van der Waals surface area contributed by atoms with Gasteiger partial charge in [-0.15, -0.1) is 0 Å². The SMILES string of the molecule is CC/C=C\C/C=C\C/C=C\C/C=C\CCCCC(=O)OC[C@@H](COC(=O)CCCCCCC/C=C\C/C=C\CCCCC)OC(=O)CCCCCCC/C=C\C/C=C\CCCCC. The lowest BCUT2D eigenvalue weighted by atomic mass is 10.1. The maximum atomic E-state index is 12.8. The van der Waals surface area contributed by atoms with Gasteiger partial charge in [0.2, 0.25) is 0 Å². The van der Waals surface area contributed by atoms with Crippen molar-refractivity contribution in [3.05, 3.63) is 97.2 Å². The topological polar surface area (TPSA) is 78.9 Å². The Kier molecular flexibility index (Phi) is 48.0. The Hall–Kier alpha value is -3.67. The molecule has 0 amide bonds. The van der Waals surface area contributed by atoms with Gasteiger partial charge < -0.3 is 14.2 Å². The highest BCUT2D eigenvalue weighted by atomic mass is 16.6. The van der Waals surface area contributed by atoms with E-state index < -0.39 is 6.10 Å². The summed E-state index contributed by atoms with van der Waals surface area (Å²) in [5.74, 6) is -0.978. The molecule has 0 fully saturated rings. The molecule has 0 aromatic carbocycles. The fraction of sp³-hybridized carbons (Fsp3) is 0.667. The molecule has 0 aliphatic carbocycles. The number of allylic oxidation sites excluding steroid dienone is 16. The Balaban J connectivity index is 4.52. The van der Waals surface area contributed by atoms with Crippen LogP contribution < -0.4 is 0 Å². The third-order valence-electron chi connectivity index (χ3n) is 10.5. The quantitative estimate of drug-likeness (QED) is 0.0262. The van der Waals surface area contributed by atoms with Gasteiger partial charge in [-0.25, -0.2) is 0 Å². The molecule has 0 N–H and O–H groups in total. The maximum absolute atomic E-state index is 12.8. The summed E-state index contributed by atoms with van der Waals surface area (Å²) in [6.07, 6.45) is 66.7. The third kappa shape index (κ3) is 49.2. The summed E-state index contributed by atoms with van der Waals surface area (Å²) < 4.78 is 16.7. The van der Waals surface area contributed by atoms with Gasteiger partial charge in [0, 0.05) is 19.3 Å². The Morgan fingerprint density at radius 1 is 0.333 bits per heavy atom. The molecule has 0 saturated heterocycles. The van der Waals surface area contributed by atoms with Gasteiger partial charge in [0.1, 0.15) is 13.2 Å². The van der Waals surface area contributed by atoms with E-state index in [4.69, 9.17) is 14.2 Å². The molecular formula is C57H94O6. The second kappa shape index (κ2) is 51.0. The number of esters is 3. The summed E-state index contributed by atoms with van der Waals surface area (Å²) in [5.41, 5.74) is 0. The van der Waals surface area contributed by atoms with Crippen molar-refractivity contribution in [2.45, 2.75) is 232 Å². The van der Waals surface area contributed by atoms with E-state index in [1.54, 1.807) is 0 Å². The van der Waals surface area contributed by atoms with E-state index in [1.807, 2.05) is 0 Å². The first-order valence-corrected chi connectivity index (χ1v) is 25.7. The largest absolute Gasteiger partial charge is 0.462 e.